The Morgan fingerprint density at radius 3 is 2.59 bits per heavy atom. The molecule has 2 aromatic rings. The SMILES string of the molecule is CN(C)C(=O)CN=C(NCCc1cccs1)NCC1CC(=O)N(C)C1c1ccccc1.I. The number of nitrogens with zero attached hydrogens (tertiary/aromatic N) is 3. The van der Waals surface area contributed by atoms with Crippen molar-refractivity contribution in [1.29, 1.82) is 0 Å². The van der Waals surface area contributed by atoms with Crippen LogP contribution in [0.1, 0.15) is 22.9 Å². The van der Waals surface area contributed by atoms with Crippen molar-refractivity contribution in [3.8, 4) is 0 Å². The zero-order valence-corrected chi connectivity index (χ0v) is 21.9. The lowest BCUT2D eigenvalue weighted by Gasteiger charge is -2.26. The first-order valence-corrected chi connectivity index (χ1v) is 11.4. The summed E-state index contributed by atoms with van der Waals surface area (Å²) in [4.78, 5) is 33.5. The zero-order valence-electron chi connectivity index (χ0n) is 18.8. The summed E-state index contributed by atoms with van der Waals surface area (Å²) in [5.74, 6) is 0.805. The minimum atomic E-state index is -0.0581. The number of likely N-dealkylation sites (N-methyl/N-ethyl adjacent to an activating group) is 1. The van der Waals surface area contributed by atoms with Gasteiger partial charge in [0.05, 0.1) is 6.04 Å². The van der Waals surface area contributed by atoms with Crippen LogP contribution in [0.5, 0.6) is 0 Å². The van der Waals surface area contributed by atoms with Gasteiger partial charge in [0.15, 0.2) is 5.96 Å². The van der Waals surface area contributed by atoms with Crippen LogP contribution >= 0.6 is 35.3 Å². The van der Waals surface area contributed by atoms with E-state index in [0.717, 1.165) is 12.0 Å². The van der Waals surface area contributed by atoms with Gasteiger partial charge in [0.25, 0.3) is 0 Å². The van der Waals surface area contributed by atoms with E-state index in [2.05, 4.69) is 39.2 Å². The maximum Gasteiger partial charge on any atom is 0.243 e. The average molecular weight is 570 g/mol. The lowest BCUT2D eigenvalue weighted by atomic mass is 9.94. The molecule has 1 fully saturated rings. The van der Waals surface area contributed by atoms with Crippen molar-refractivity contribution in [2.24, 2.45) is 10.9 Å². The molecule has 1 aliphatic heterocycles. The highest BCUT2D eigenvalue weighted by Gasteiger charge is 2.38. The van der Waals surface area contributed by atoms with Crippen molar-refractivity contribution in [3.05, 3.63) is 58.3 Å². The zero-order chi connectivity index (χ0) is 22.2. The Kier molecular flexibility index (Phi) is 10.4. The molecule has 0 bridgehead atoms. The highest BCUT2D eigenvalue weighted by molar-refractivity contribution is 14.0. The predicted octanol–water partition coefficient (Wildman–Crippen LogP) is 2.75. The second-order valence-electron chi connectivity index (χ2n) is 7.91. The molecule has 9 heteroatoms. The van der Waals surface area contributed by atoms with Crippen molar-refractivity contribution in [2.45, 2.75) is 18.9 Å². The highest BCUT2D eigenvalue weighted by Crippen LogP contribution is 2.36. The lowest BCUT2D eigenvalue weighted by Crippen LogP contribution is -2.42. The van der Waals surface area contributed by atoms with Gasteiger partial charge >= 0.3 is 0 Å². The van der Waals surface area contributed by atoms with Gasteiger partial charge in [-0.2, -0.15) is 0 Å². The maximum atomic E-state index is 12.4. The average Bonchev–Trinajstić information content (AvgIpc) is 3.38. The number of nitrogens with one attached hydrogen (secondary N) is 2. The fourth-order valence-corrected chi connectivity index (χ4v) is 4.44. The highest BCUT2D eigenvalue weighted by atomic mass is 127. The molecule has 1 saturated heterocycles. The summed E-state index contributed by atoms with van der Waals surface area (Å²) in [6.45, 7) is 1.39. The predicted molar refractivity (Wildman–Crippen MR) is 140 cm³/mol. The largest absolute Gasteiger partial charge is 0.356 e. The first kappa shape index (κ1) is 26.1. The van der Waals surface area contributed by atoms with E-state index < -0.39 is 0 Å². The van der Waals surface area contributed by atoms with Gasteiger partial charge in [-0.05, 0) is 23.4 Å². The van der Waals surface area contributed by atoms with Crippen molar-refractivity contribution in [1.82, 2.24) is 20.4 Å². The molecule has 2 amide bonds. The van der Waals surface area contributed by atoms with Crippen molar-refractivity contribution in [2.75, 3.05) is 40.8 Å². The molecule has 0 spiro atoms. The second-order valence-corrected chi connectivity index (χ2v) is 8.95. The standard InChI is InChI=1S/C23H31N5O2S.HI/c1-27(2)21(30)16-26-23(24-12-11-19-10-7-13-31-19)25-15-18-14-20(29)28(3)22(18)17-8-5-4-6-9-17;/h4-10,13,18,22H,11-12,14-16H2,1-3H3,(H2,24,25,26);1H. The third-order valence-corrected chi connectivity index (χ3v) is 6.42. The Balaban J connectivity index is 0.00000363. The summed E-state index contributed by atoms with van der Waals surface area (Å²) in [6, 6.07) is 14.3. The number of carbonyl (C=O) groups is 2. The van der Waals surface area contributed by atoms with Gasteiger partial charge in [-0.1, -0.05) is 36.4 Å². The van der Waals surface area contributed by atoms with Crippen LogP contribution in [0.2, 0.25) is 0 Å². The molecule has 3 rings (SSSR count). The summed E-state index contributed by atoms with van der Waals surface area (Å²) in [5, 5.41) is 8.76. The van der Waals surface area contributed by atoms with Crippen LogP contribution in [0, 0.1) is 5.92 Å². The van der Waals surface area contributed by atoms with E-state index in [-0.39, 0.29) is 54.3 Å². The molecule has 0 radical (unpaired) electrons. The number of rotatable bonds is 8. The van der Waals surface area contributed by atoms with E-state index >= 15 is 0 Å². The number of halogens is 1. The van der Waals surface area contributed by atoms with Gasteiger partial charge in [-0.25, -0.2) is 4.99 Å². The van der Waals surface area contributed by atoms with Crippen LogP contribution in [0.25, 0.3) is 0 Å². The molecule has 7 nitrogen and oxygen atoms in total. The molecule has 2 N–H and O–H groups in total. The minimum absolute atomic E-state index is 0. The van der Waals surface area contributed by atoms with Crippen LogP contribution in [0.4, 0.5) is 0 Å². The quantitative estimate of drug-likeness (QED) is 0.291. The monoisotopic (exact) mass is 569 g/mol. The Labute approximate surface area is 211 Å². The summed E-state index contributed by atoms with van der Waals surface area (Å²) in [7, 11) is 5.31. The van der Waals surface area contributed by atoms with E-state index in [1.807, 2.05) is 36.2 Å². The van der Waals surface area contributed by atoms with E-state index in [4.69, 9.17) is 0 Å². The van der Waals surface area contributed by atoms with Crippen molar-refractivity contribution >= 4 is 53.1 Å². The van der Waals surface area contributed by atoms with E-state index in [1.165, 1.54) is 9.78 Å². The van der Waals surface area contributed by atoms with E-state index in [0.29, 0.717) is 25.5 Å². The van der Waals surface area contributed by atoms with Gasteiger partial charge < -0.3 is 20.4 Å². The van der Waals surface area contributed by atoms with Gasteiger partial charge in [0, 0.05) is 51.4 Å². The molecular formula is C23H32IN5O2S. The normalized spacial score (nSPS) is 18.3. The Bertz CT molecular complexity index is 889. The van der Waals surface area contributed by atoms with Crippen LogP contribution in [0.3, 0.4) is 0 Å². The third-order valence-electron chi connectivity index (χ3n) is 5.48. The molecule has 1 aromatic carbocycles. The second kappa shape index (κ2) is 12.8. The topological polar surface area (TPSA) is 77.0 Å². The number of hydrogen-bond donors (Lipinski definition) is 2. The van der Waals surface area contributed by atoms with Gasteiger partial charge in [-0.3, -0.25) is 9.59 Å². The van der Waals surface area contributed by atoms with Crippen LogP contribution in [0.15, 0.2) is 52.8 Å². The number of guanidine groups is 1. The lowest BCUT2D eigenvalue weighted by molar-refractivity contribution is -0.128. The molecule has 2 atom stereocenters. The van der Waals surface area contributed by atoms with Gasteiger partial charge in [0.1, 0.15) is 6.54 Å². The Morgan fingerprint density at radius 1 is 1.19 bits per heavy atom. The molecular weight excluding hydrogens is 537 g/mol. The summed E-state index contributed by atoms with van der Waals surface area (Å²) in [6.07, 6.45) is 1.37. The molecule has 2 unspecified atom stereocenters. The number of amides is 2. The summed E-state index contributed by atoms with van der Waals surface area (Å²) in [5.41, 5.74) is 1.13. The number of thiophene rings is 1. The molecule has 0 saturated carbocycles. The summed E-state index contributed by atoms with van der Waals surface area (Å²) < 4.78 is 0. The first-order valence-electron chi connectivity index (χ1n) is 10.5. The fourth-order valence-electron chi connectivity index (χ4n) is 3.73. The van der Waals surface area contributed by atoms with Crippen molar-refractivity contribution in [3.63, 3.8) is 0 Å². The third kappa shape index (κ3) is 7.19. The van der Waals surface area contributed by atoms with Crippen LogP contribution in [-0.2, 0) is 16.0 Å². The molecule has 0 aliphatic carbocycles. The molecule has 2 heterocycles. The van der Waals surface area contributed by atoms with Gasteiger partial charge in [-0.15, -0.1) is 35.3 Å². The number of benzene rings is 1. The van der Waals surface area contributed by atoms with Crippen molar-refractivity contribution < 1.29 is 9.59 Å². The smallest absolute Gasteiger partial charge is 0.243 e. The number of aliphatic imine (C=N–C) groups is 1. The molecule has 1 aromatic heterocycles. The van der Waals surface area contributed by atoms with Gasteiger partial charge in [0.2, 0.25) is 11.8 Å². The van der Waals surface area contributed by atoms with Crippen LogP contribution < -0.4 is 10.6 Å². The number of likely N-dealkylation sites (tertiary alicyclic amines) is 1. The molecule has 174 valence electrons. The van der Waals surface area contributed by atoms with E-state index in [9.17, 15) is 9.59 Å². The number of carbonyl (C=O) groups excluding carboxylic acids is 2. The van der Waals surface area contributed by atoms with Crippen LogP contribution in [-0.4, -0.2) is 68.4 Å². The summed E-state index contributed by atoms with van der Waals surface area (Å²) >= 11 is 1.72. The first-order chi connectivity index (χ1) is 15.0. The fraction of sp³-hybridized carbons (Fsp3) is 0.435. The number of hydrogen-bond acceptors (Lipinski definition) is 4. The maximum absolute atomic E-state index is 12.4. The minimum Gasteiger partial charge on any atom is -0.356 e. The molecule has 1 aliphatic rings. The Morgan fingerprint density at radius 2 is 1.94 bits per heavy atom. The van der Waals surface area contributed by atoms with E-state index in [1.54, 1.807) is 25.4 Å². The Hall–Kier alpha value is -2.14. The molecule has 32 heavy (non-hydrogen) atoms.